The van der Waals surface area contributed by atoms with Gasteiger partial charge in [-0.2, -0.15) is 0 Å². The Hall–Kier alpha value is -1.58. The SMILES string of the molecule is C=Cc1[nH]c(=O)n(C)c1N=C. The average Bonchev–Trinajstić information content (AvgIpc) is 2.28. The third-order valence-electron chi connectivity index (χ3n) is 1.46. The highest BCUT2D eigenvalue weighted by Gasteiger charge is 2.04. The minimum atomic E-state index is -0.206. The van der Waals surface area contributed by atoms with Crippen LogP contribution in [0.2, 0.25) is 0 Å². The lowest BCUT2D eigenvalue weighted by molar-refractivity contribution is 0.863. The fraction of sp³-hybridized carbons (Fsp3) is 0.143. The molecule has 0 saturated carbocycles. The van der Waals surface area contributed by atoms with Crippen molar-refractivity contribution in [2.24, 2.45) is 12.0 Å². The molecule has 1 aromatic heterocycles. The van der Waals surface area contributed by atoms with Gasteiger partial charge in [-0.05, 0) is 12.8 Å². The van der Waals surface area contributed by atoms with E-state index in [1.165, 1.54) is 10.6 Å². The van der Waals surface area contributed by atoms with Crippen LogP contribution >= 0.6 is 0 Å². The quantitative estimate of drug-likeness (QED) is 0.621. The Balaban J connectivity index is 3.49. The second kappa shape index (κ2) is 2.57. The number of hydrogen-bond donors (Lipinski definition) is 1. The average molecular weight is 151 g/mol. The summed E-state index contributed by atoms with van der Waals surface area (Å²) in [5.41, 5.74) is 0.398. The molecule has 1 heterocycles. The fourth-order valence-electron chi connectivity index (χ4n) is 0.865. The van der Waals surface area contributed by atoms with Gasteiger partial charge in [0.2, 0.25) is 0 Å². The van der Waals surface area contributed by atoms with E-state index < -0.39 is 0 Å². The minimum Gasteiger partial charge on any atom is -0.304 e. The molecule has 0 fully saturated rings. The summed E-state index contributed by atoms with van der Waals surface area (Å²) >= 11 is 0. The Morgan fingerprint density at radius 2 is 2.36 bits per heavy atom. The van der Waals surface area contributed by atoms with Crippen LogP contribution in [0.3, 0.4) is 0 Å². The molecule has 4 heteroatoms. The van der Waals surface area contributed by atoms with Crippen LogP contribution < -0.4 is 5.69 Å². The van der Waals surface area contributed by atoms with Crippen LogP contribution in [0.15, 0.2) is 16.4 Å². The Bertz CT molecular complexity index is 345. The van der Waals surface area contributed by atoms with E-state index in [0.29, 0.717) is 11.5 Å². The standard InChI is InChI=1S/C7H9N3O/c1-4-5-6(8-2)10(3)7(11)9-5/h4H,1-2H2,3H3,(H,9,11). The van der Waals surface area contributed by atoms with Crippen molar-refractivity contribution >= 4 is 18.6 Å². The van der Waals surface area contributed by atoms with Gasteiger partial charge in [-0.25, -0.2) is 9.79 Å². The number of imidazole rings is 1. The second-order valence-corrected chi connectivity index (χ2v) is 2.09. The van der Waals surface area contributed by atoms with E-state index in [2.05, 4.69) is 23.3 Å². The topological polar surface area (TPSA) is 50.1 Å². The summed E-state index contributed by atoms with van der Waals surface area (Å²) in [4.78, 5) is 17.2. The van der Waals surface area contributed by atoms with Gasteiger partial charge in [0.05, 0.1) is 5.69 Å². The van der Waals surface area contributed by atoms with Crippen molar-refractivity contribution in [3.63, 3.8) is 0 Å². The summed E-state index contributed by atoms with van der Waals surface area (Å²) in [6, 6.07) is 0. The molecule has 0 aliphatic heterocycles. The number of H-pyrrole nitrogens is 1. The fourth-order valence-corrected chi connectivity index (χ4v) is 0.865. The van der Waals surface area contributed by atoms with Gasteiger partial charge < -0.3 is 4.98 Å². The van der Waals surface area contributed by atoms with E-state index in [1.54, 1.807) is 7.05 Å². The van der Waals surface area contributed by atoms with Crippen molar-refractivity contribution in [1.29, 1.82) is 0 Å². The van der Waals surface area contributed by atoms with Gasteiger partial charge in [0.25, 0.3) is 0 Å². The largest absolute Gasteiger partial charge is 0.327 e. The van der Waals surface area contributed by atoms with Crippen molar-refractivity contribution in [3.8, 4) is 0 Å². The third-order valence-corrected chi connectivity index (χ3v) is 1.46. The van der Waals surface area contributed by atoms with Crippen molar-refractivity contribution in [3.05, 3.63) is 22.8 Å². The number of aromatic nitrogens is 2. The first-order valence-corrected chi connectivity index (χ1v) is 3.09. The summed E-state index contributed by atoms with van der Waals surface area (Å²) in [6.07, 6.45) is 1.53. The molecule has 0 aromatic carbocycles. The first kappa shape index (κ1) is 7.53. The third kappa shape index (κ3) is 1.02. The normalized spacial score (nSPS) is 9.55. The Morgan fingerprint density at radius 3 is 2.73 bits per heavy atom. The lowest BCUT2D eigenvalue weighted by atomic mass is 10.4. The number of rotatable bonds is 2. The molecular formula is C7H9N3O. The molecule has 1 rings (SSSR count). The van der Waals surface area contributed by atoms with Crippen LogP contribution in [0.25, 0.3) is 6.08 Å². The molecule has 0 amide bonds. The predicted octanol–water partition coefficient (Wildman–Crippen LogP) is 0.689. The second-order valence-electron chi connectivity index (χ2n) is 2.09. The molecule has 1 N–H and O–H groups in total. The van der Waals surface area contributed by atoms with Gasteiger partial charge in [0.15, 0.2) is 5.82 Å². The van der Waals surface area contributed by atoms with Crippen LogP contribution in [-0.2, 0) is 7.05 Å². The van der Waals surface area contributed by atoms with Gasteiger partial charge in [0.1, 0.15) is 0 Å². The van der Waals surface area contributed by atoms with Gasteiger partial charge in [-0.15, -0.1) is 0 Å². The van der Waals surface area contributed by atoms with Crippen LogP contribution in [0.1, 0.15) is 5.69 Å². The first-order valence-electron chi connectivity index (χ1n) is 3.09. The van der Waals surface area contributed by atoms with Crippen molar-refractivity contribution in [2.45, 2.75) is 0 Å². The molecule has 1 aromatic rings. The van der Waals surface area contributed by atoms with Crippen LogP contribution in [-0.4, -0.2) is 16.3 Å². The number of nitrogens with zero attached hydrogens (tertiary/aromatic N) is 2. The molecule has 0 atom stereocenters. The Morgan fingerprint density at radius 1 is 1.73 bits per heavy atom. The number of nitrogens with one attached hydrogen (secondary N) is 1. The zero-order valence-electron chi connectivity index (χ0n) is 6.29. The summed E-state index contributed by atoms with van der Waals surface area (Å²) < 4.78 is 1.38. The van der Waals surface area contributed by atoms with E-state index in [0.717, 1.165) is 0 Å². The smallest absolute Gasteiger partial charge is 0.304 e. The maximum Gasteiger partial charge on any atom is 0.327 e. The molecule has 58 valence electrons. The van der Waals surface area contributed by atoms with E-state index in [9.17, 15) is 4.79 Å². The summed E-state index contributed by atoms with van der Waals surface area (Å²) in [6.45, 7) is 6.86. The number of hydrogen-bond acceptors (Lipinski definition) is 2. The summed E-state index contributed by atoms with van der Waals surface area (Å²) in [5, 5.41) is 0. The molecule has 11 heavy (non-hydrogen) atoms. The summed E-state index contributed by atoms with van der Waals surface area (Å²) in [5.74, 6) is 0.519. The zero-order chi connectivity index (χ0) is 8.43. The van der Waals surface area contributed by atoms with Crippen LogP contribution in [0.5, 0.6) is 0 Å². The molecule has 4 nitrogen and oxygen atoms in total. The highest BCUT2D eigenvalue weighted by molar-refractivity contribution is 5.58. The molecular weight excluding hydrogens is 142 g/mol. The highest BCUT2D eigenvalue weighted by Crippen LogP contribution is 2.13. The van der Waals surface area contributed by atoms with Crippen molar-refractivity contribution < 1.29 is 0 Å². The molecule has 0 saturated heterocycles. The van der Waals surface area contributed by atoms with Crippen LogP contribution in [0, 0.1) is 0 Å². The molecule has 0 aliphatic rings. The van der Waals surface area contributed by atoms with Gasteiger partial charge in [0, 0.05) is 7.05 Å². The minimum absolute atomic E-state index is 0.206. The number of aromatic amines is 1. The van der Waals surface area contributed by atoms with Gasteiger partial charge in [-0.3, -0.25) is 4.57 Å². The van der Waals surface area contributed by atoms with Crippen molar-refractivity contribution in [1.82, 2.24) is 9.55 Å². The van der Waals surface area contributed by atoms with E-state index in [4.69, 9.17) is 0 Å². The van der Waals surface area contributed by atoms with Gasteiger partial charge in [-0.1, -0.05) is 6.58 Å². The molecule has 0 aliphatic carbocycles. The Labute approximate surface area is 63.9 Å². The molecule has 0 unspecified atom stereocenters. The number of aliphatic imine (C=N–C) groups is 1. The first-order chi connectivity index (χ1) is 5.20. The molecule has 0 bridgehead atoms. The lowest BCUT2D eigenvalue weighted by Gasteiger charge is -1.92. The summed E-state index contributed by atoms with van der Waals surface area (Å²) in [7, 11) is 1.62. The zero-order valence-corrected chi connectivity index (χ0v) is 6.29. The van der Waals surface area contributed by atoms with Crippen molar-refractivity contribution in [2.75, 3.05) is 0 Å². The predicted molar refractivity (Wildman–Crippen MR) is 45.3 cm³/mol. The van der Waals surface area contributed by atoms with Crippen LogP contribution in [0.4, 0.5) is 5.82 Å². The van der Waals surface area contributed by atoms with E-state index >= 15 is 0 Å². The van der Waals surface area contributed by atoms with E-state index in [1.807, 2.05) is 0 Å². The lowest BCUT2D eigenvalue weighted by Crippen LogP contribution is -2.11. The molecule has 0 spiro atoms. The van der Waals surface area contributed by atoms with Gasteiger partial charge >= 0.3 is 5.69 Å². The van der Waals surface area contributed by atoms with E-state index in [-0.39, 0.29) is 5.69 Å². The monoisotopic (exact) mass is 151 g/mol. The maximum atomic E-state index is 11.0. The highest BCUT2D eigenvalue weighted by atomic mass is 16.1. The Kier molecular flexibility index (Phi) is 1.76. The maximum absolute atomic E-state index is 11.0. The molecule has 0 radical (unpaired) electrons.